The van der Waals surface area contributed by atoms with Gasteiger partial charge >= 0.3 is 5.69 Å². The predicted molar refractivity (Wildman–Crippen MR) is 64.9 cm³/mol. The van der Waals surface area contributed by atoms with Gasteiger partial charge in [-0.3, -0.25) is 9.55 Å². The van der Waals surface area contributed by atoms with E-state index in [-0.39, 0.29) is 11.1 Å². The summed E-state index contributed by atoms with van der Waals surface area (Å²) in [6, 6.07) is 1.88. The molecule has 0 fully saturated rings. The zero-order valence-corrected chi connectivity index (χ0v) is 10.6. The van der Waals surface area contributed by atoms with Crippen LogP contribution >= 0.6 is 12.2 Å². The molecule has 0 spiro atoms. The van der Waals surface area contributed by atoms with E-state index in [0.717, 1.165) is 18.7 Å². The second-order valence-corrected chi connectivity index (χ2v) is 5.17. The molecule has 1 N–H and O–H groups in total. The van der Waals surface area contributed by atoms with Gasteiger partial charge < -0.3 is 0 Å². The van der Waals surface area contributed by atoms with Crippen molar-refractivity contribution >= 4 is 12.2 Å². The number of rotatable bonds is 2. The van der Waals surface area contributed by atoms with Gasteiger partial charge in [0.2, 0.25) is 0 Å². The van der Waals surface area contributed by atoms with Crippen LogP contribution in [0.5, 0.6) is 0 Å². The third kappa shape index (κ3) is 2.78. The third-order valence-corrected chi connectivity index (χ3v) is 2.47. The number of hydrogen-bond donors (Lipinski definition) is 1. The van der Waals surface area contributed by atoms with E-state index in [2.05, 4.69) is 32.7 Å². The molecule has 0 aliphatic carbocycles. The van der Waals surface area contributed by atoms with E-state index in [0.29, 0.717) is 4.64 Å². The molecule has 1 heterocycles. The summed E-state index contributed by atoms with van der Waals surface area (Å²) in [6.45, 7) is 9.05. The Balaban J connectivity index is 3.47. The Hall–Kier alpha value is -0.900. The second-order valence-electron chi connectivity index (χ2n) is 4.73. The van der Waals surface area contributed by atoms with Gasteiger partial charge in [-0.1, -0.05) is 39.9 Å². The van der Waals surface area contributed by atoms with E-state index >= 15 is 0 Å². The smallest absolute Gasteiger partial charge is 0.298 e. The van der Waals surface area contributed by atoms with E-state index in [1.807, 2.05) is 6.07 Å². The summed E-state index contributed by atoms with van der Waals surface area (Å²) in [4.78, 5) is 14.4. The van der Waals surface area contributed by atoms with Gasteiger partial charge in [-0.25, -0.2) is 4.79 Å². The maximum Gasteiger partial charge on any atom is 0.326 e. The van der Waals surface area contributed by atoms with E-state index in [1.165, 1.54) is 0 Å². The lowest BCUT2D eigenvalue weighted by Crippen LogP contribution is -2.31. The van der Waals surface area contributed by atoms with Crippen LogP contribution in [0.1, 0.15) is 39.8 Å². The molecule has 84 valence electrons. The summed E-state index contributed by atoms with van der Waals surface area (Å²) in [5, 5.41) is 0. The van der Waals surface area contributed by atoms with Gasteiger partial charge in [0.25, 0.3) is 0 Å². The molecule has 0 aromatic carbocycles. The van der Waals surface area contributed by atoms with Crippen LogP contribution in [0.4, 0.5) is 0 Å². The average molecular weight is 226 g/mol. The Morgan fingerprint density at radius 3 is 2.53 bits per heavy atom. The van der Waals surface area contributed by atoms with Crippen LogP contribution in [0.3, 0.4) is 0 Å². The molecule has 1 aromatic rings. The summed E-state index contributed by atoms with van der Waals surface area (Å²) in [5.41, 5.74) is 0.837. The second kappa shape index (κ2) is 4.31. The van der Waals surface area contributed by atoms with Crippen molar-refractivity contribution in [2.45, 2.75) is 46.1 Å². The van der Waals surface area contributed by atoms with Crippen LogP contribution in [0.2, 0.25) is 0 Å². The molecule has 4 heteroatoms. The first kappa shape index (κ1) is 12.2. The Labute approximate surface area is 95.2 Å². The topological polar surface area (TPSA) is 37.8 Å². The van der Waals surface area contributed by atoms with Gasteiger partial charge in [0.15, 0.2) is 0 Å². The quantitative estimate of drug-likeness (QED) is 0.787. The lowest BCUT2D eigenvalue weighted by molar-refractivity contribution is 0.489. The van der Waals surface area contributed by atoms with E-state index in [9.17, 15) is 4.79 Å². The Morgan fingerprint density at radius 2 is 2.07 bits per heavy atom. The lowest BCUT2D eigenvalue weighted by atomic mass is 9.91. The third-order valence-electron chi connectivity index (χ3n) is 2.25. The molecule has 0 saturated carbocycles. The van der Waals surface area contributed by atoms with E-state index in [1.54, 1.807) is 4.57 Å². The maximum atomic E-state index is 11.7. The number of nitrogens with zero attached hydrogens (tertiary/aromatic N) is 1. The highest BCUT2D eigenvalue weighted by Crippen LogP contribution is 2.20. The molecule has 3 nitrogen and oxygen atoms in total. The fraction of sp³-hybridized carbons (Fsp3) is 0.636. The van der Waals surface area contributed by atoms with E-state index in [4.69, 9.17) is 12.2 Å². The molecular weight excluding hydrogens is 208 g/mol. The summed E-state index contributed by atoms with van der Waals surface area (Å²) in [7, 11) is 0. The van der Waals surface area contributed by atoms with Crippen molar-refractivity contribution in [1.82, 2.24) is 9.55 Å². The summed E-state index contributed by atoms with van der Waals surface area (Å²) in [6.07, 6.45) is 0.938. The molecule has 0 saturated heterocycles. The molecule has 0 amide bonds. The summed E-state index contributed by atoms with van der Waals surface area (Å²) in [5.74, 6) is 0. The van der Waals surface area contributed by atoms with Crippen molar-refractivity contribution in [2.24, 2.45) is 0 Å². The highest BCUT2D eigenvalue weighted by molar-refractivity contribution is 7.71. The first-order valence-electron chi connectivity index (χ1n) is 5.21. The Kier molecular flexibility index (Phi) is 3.50. The van der Waals surface area contributed by atoms with Crippen molar-refractivity contribution in [2.75, 3.05) is 0 Å². The average Bonchev–Trinajstić information content (AvgIpc) is 2.07. The van der Waals surface area contributed by atoms with Crippen LogP contribution in [-0.2, 0) is 12.0 Å². The van der Waals surface area contributed by atoms with Crippen LogP contribution in [0.15, 0.2) is 10.9 Å². The predicted octanol–water partition coefficient (Wildman–Crippen LogP) is 2.61. The number of aromatic amines is 1. The molecule has 15 heavy (non-hydrogen) atoms. The monoisotopic (exact) mass is 226 g/mol. The van der Waals surface area contributed by atoms with Gasteiger partial charge in [0.05, 0.1) is 0 Å². The lowest BCUT2D eigenvalue weighted by Gasteiger charge is -2.23. The van der Waals surface area contributed by atoms with Crippen molar-refractivity contribution < 1.29 is 0 Å². The largest absolute Gasteiger partial charge is 0.326 e. The molecule has 0 bridgehead atoms. The molecule has 1 rings (SSSR count). The zero-order chi connectivity index (χ0) is 11.6. The van der Waals surface area contributed by atoms with Crippen LogP contribution in [0.25, 0.3) is 0 Å². The molecule has 0 radical (unpaired) electrons. The highest BCUT2D eigenvalue weighted by atomic mass is 32.1. The fourth-order valence-electron chi connectivity index (χ4n) is 1.59. The van der Waals surface area contributed by atoms with Gasteiger partial charge in [-0.2, -0.15) is 0 Å². The minimum atomic E-state index is -0.103. The Morgan fingerprint density at radius 1 is 1.47 bits per heavy atom. The first-order valence-corrected chi connectivity index (χ1v) is 5.61. The Bertz CT molecular complexity index is 451. The number of hydrogen-bond acceptors (Lipinski definition) is 2. The SMILES string of the molecule is CCCn1c(C(C)(C)C)cc(=S)[nH]c1=O. The van der Waals surface area contributed by atoms with Crippen LogP contribution < -0.4 is 5.69 Å². The van der Waals surface area contributed by atoms with Gasteiger partial charge in [0, 0.05) is 17.7 Å². The number of aromatic nitrogens is 2. The molecule has 0 aliphatic heterocycles. The van der Waals surface area contributed by atoms with Crippen molar-refractivity contribution in [3.05, 3.63) is 26.9 Å². The van der Waals surface area contributed by atoms with Crippen molar-refractivity contribution in [3.63, 3.8) is 0 Å². The summed E-state index contributed by atoms with van der Waals surface area (Å²) >= 11 is 5.03. The number of H-pyrrole nitrogens is 1. The molecule has 0 aliphatic rings. The molecule has 1 aromatic heterocycles. The fourth-order valence-corrected chi connectivity index (χ4v) is 1.79. The minimum absolute atomic E-state index is 0.0585. The van der Waals surface area contributed by atoms with Crippen LogP contribution in [-0.4, -0.2) is 9.55 Å². The van der Waals surface area contributed by atoms with Crippen LogP contribution in [0, 0.1) is 4.64 Å². The summed E-state index contributed by atoms with van der Waals surface area (Å²) < 4.78 is 2.28. The molecule has 0 atom stereocenters. The molecule has 0 unspecified atom stereocenters. The standard InChI is InChI=1S/C11H18N2OS/c1-5-6-13-8(11(2,3)4)7-9(15)12-10(13)14/h7H,5-6H2,1-4H3,(H,12,14,15). The zero-order valence-electron chi connectivity index (χ0n) is 9.76. The maximum absolute atomic E-state index is 11.7. The normalized spacial score (nSPS) is 11.7. The van der Waals surface area contributed by atoms with Crippen molar-refractivity contribution in [1.29, 1.82) is 0 Å². The van der Waals surface area contributed by atoms with Gasteiger partial charge in [0.1, 0.15) is 4.64 Å². The number of nitrogens with one attached hydrogen (secondary N) is 1. The highest BCUT2D eigenvalue weighted by Gasteiger charge is 2.18. The van der Waals surface area contributed by atoms with Gasteiger partial charge in [-0.05, 0) is 12.5 Å². The van der Waals surface area contributed by atoms with Crippen molar-refractivity contribution in [3.8, 4) is 0 Å². The van der Waals surface area contributed by atoms with E-state index < -0.39 is 0 Å². The van der Waals surface area contributed by atoms with Gasteiger partial charge in [-0.15, -0.1) is 0 Å². The first-order chi connectivity index (χ1) is 6.86. The minimum Gasteiger partial charge on any atom is -0.298 e. The molecular formula is C11H18N2OS.